The topological polar surface area (TPSA) is 99.9 Å². The summed E-state index contributed by atoms with van der Waals surface area (Å²) in [6, 6.07) is 3.00. The molecule has 0 fully saturated rings. The fourth-order valence-electron chi connectivity index (χ4n) is 2.68. The highest BCUT2D eigenvalue weighted by atomic mass is 35.5. The highest BCUT2D eigenvalue weighted by molar-refractivity contribution is 7.89. The second-order valence-electron chi connectivity index (χ2n) is 6.33. The SMILES string of the molecule is COc1cc(OC)c(S(=O)(=O)NC(C)(CN)CC(C)C)c(OC)c1.Cl. The van der Waals surface area contributed by atoms with E-state index >= 15 is 0 Å². The molecule has 0 aliphatic rings. The van der Waals surface area contributed by atoms with Crippen LogP contribution in [0.4, 0.5) is 0 Å². The molecule has 146 valence electrons. The Hall–Kier alpha value is -1.22. The van der Waals surface area contributed by atoms with Gasteiger partial charge in [-0.05, 0) is 19.3 Å². The van der Waals surface area contributed by atoms with Gasteiger partial charge in [0, 0.05) is 24.2 Å². The predicted molar refractivity (Wildman–Crippen MR) is 101 cm³/mol. The molecule has 25 heavy (non-hydrogen) atoms. The van der Waals surface area contributed by atoms with Gasteiger partial charge >= 0.3 is 0 Å². The third kappa shape index (κ3) is 5.91. The first-order valence-electron chi connectivity index (χ1n) is 7.66. The number of hydrogen-bond acceptors (Lipinski definition) is 6. The molecular weight excluding hydrogens is 368 g/mol. The molecule has 0 heterocycles. The second kappa shape index (κ2) is 9.47. The summed E-state index contributed by atoms with van der Waals surface area (Å²) in [6.45, 7) is 5.98. The Bertz CT molecular complexity index is 641. The van der Waals surface area contributed by atoms with Gasteiger partial charge in [-0.3, -0.25) is 0 Å². The average Bonchev–Trinajstić information content (AvgIpc) is 2.51. The Morgan fingerprint density at radius 2 is 1.60 bits per heavy atom. The minimum absolute atomic E-state index is 0. The van der Waals surface area contributed by atoms with Gasteiger partial charge in [0.2, 0.25) is 10.0 Å². The quantitative estimate of drug-likeness (QED) is 0.663. The zero-order valence-electron chi connectivity index (χ0n) is 15.6. The minimum atomic E-state index is -3.92. The van der Waals surface area contributed by atoms with Gasteiger partial charge in [-0.1, -0.05) is 13.8 Å². The zero-order valence-corrected chi connectivity index (χ0v) is 17.2. The van der Waals surface area contributed by atoms with Gasteiger partial charge in [0.05, 0.1) is 21.3 Å². The summed E-state index contributed by atoms with van der Waals surface area (Å²) in [7, 11) is 0.344. The summed E-state index contributed by atoms with van der Waals surface area (Å²) >= 11 is 0. The Morgan fingerprint density at radius 3 is 1.92 bits per heavy atom. The van der Waals surface area contributed by atoms with E-state index in [4.69, 9.17) is 19.9 Å². The first-order valence-corrected chi connectivity index (χ1v) is 9.14. The smallest absolute Gasteiger partial charge is 0.248 e. The van der Waals surface area contributed by atoms with Crippen molar-refractivity contribution in [2.24, 2.45) is 11.7 Å². The summed E-state index contributed by atoms with van der Waals surface area (Å²) in [5.41, 5.74) is 5.04. The van der Waals surface area contributed by atoms with Crippen molar-refractivity contribution in [1.82, 2.24) is 4.72 Å². The first kappa shape index (κ1) is 23.8. The van der Waals surface area contributed by atoms with E-state index in [2.05, 4.69) is 4.72 Å². The maximum atomic E-state index is 13.0. The van der Waals surface area contributed by atoms with E-state index in [0.29, 0.717) is 12.2 Å². The molecule has 3 N–H and O–H groups in total. The van der Waals surface area contributed by atoms with Gasteiger partial charge in [-0.25, -0.2) is 13.1 Å². The second-order valence-corrected chi connectivity index (χ2v) is 7.95. The van der Waals surface area contributed by atoms with Crippen LogP contribution in [0.3, 0.4) is 0 Å². The first-order chi connectivity index (χ1) is 11.1. The third-order valence-electron chi connectivity index (χ3n) is 3.63. The summed E-state index contributed by atoms with van der Waals surface area (Å²) in [5, 5.41) is 0. The number of hydrogen-bond donors (Lipinski definition) is 2. The molecule has 7 nitrogen and oxygen atoms in total. The third-order valence-corrected chi connectivity index (χ3v) is 5.33. The van der Waals surface area contributed by atoms with Crippen LogP contribution in [-0.2, 0) is 10.0 Å². The fourth-order valence-corrected chi connectivity index (χ4v) is 4.41. The van der Waals surface area contributed by atoms with Gasteiger partial charge in [0.25, 0.3) is 0 Å². The van der Waals surface area contributed by atoms with E-state index in [-0.39, 0.29) is 41.3 Å². The minimum Gasteiger partial charge on any atom is -0.496 e. The van der Waals surface area contributed by atoms with Crippen LogP contribution >= 0.6 is 12.4 Å². The molecule has 0 aromatic heterocycles. The monoisotopic (exact) mass is 396 g/mol. The van der Waals surface area contributed by atoms with Crippen LogP contribution in [0.1, 0.15) is 27.2 Å². The number of nitrogens with one attached hydrogen (secondary N) is 1. The number of rotatable bonds is 9. The number of sulfonamides is 1. The lowest BCUT2D eigenvalue weighted by Gasteiger charge is -2.31. The van der Waals surface area contributed by atoms with Crippen molar-refractivity contribution < 1.29 is 22.6 Å². The molecule has 0 aliphatic carbocycles. The molecule has 1 atom stereocenters. The van der Waals surface area contributed by atoms with E-state index in [1.807, 2.05) is 13.8 Å². The Labute approximate surface area is 156 Å². The molecule has 0 amide bonds. The summed E-state index contributed by atoms with van der Waals surface area (Å²) in [5.74, 6) is 0.998. The van der Waals surface area contributed by atoms with Gasteiger partial charge < -0.3 is 19.9 Å². The predicted octanol–water partition coefficient (Wildman–Crippen LogP) is 2.18. The standard InChI is InChI=1S/C16H28N2O5S.ClH/c1-11(2)9-16(3,10-17)18-24(19,20)15-13(22-5)7-12(21-4)8-14(15)23-6;/h7-8,11,18H,9-10,17H2,1-6H3;1H. The molecule has 0 bridgehead atoms. The van der Waals surface area contributed by atoms with Crippen molar-refractivity contribution in [3.05, 3.63) is 12.1 Å². The number of nitrogens with two attached hydrogens (primary N) is 1. The van der Waals surface area contributed by atoms with Crippen molar-refractivity contribution in [3.63, 3.8) is 0 Å². The largest absolute Gasteiger partial charge is 0.496 e. The maximum absolute atomic E-state index is 13.0. The average molecular weight is 397 g/mol. The molecule has 1 aromatic rings. The van der Waals surface area contributed by atoms with Crippen LogP contribution in [0.25, 0.3) is 0 Å². The molecule has 0 radical (unpaired) electrons. The molecule has 0 saturated carbocycles. The highest BCUT2D eigenvalue weighted by Gasteiger charge is 2.34. The molecule has 1 unspecified atom stereocenters. The number of benzene rings is 1. The number of ether oxygens (including phenoxy) is 3. The van der Waals surface area contributed by atoms with Gasteiger partial charge in [-0.15, -0.1) is 12.4 Å². The van der Waals surface area contributed by atoms with E-state index in [9.17, 15) is 8.42 Å². The van der Waals surface area contributed by atoms with Crippen LogP contribution in [0.5, 0.6) is 17.2 Å². The number of methoxy groups -OCH3 is 3. The molecular formula is C16H29ClN2O5S. The van der Waals surface area contributed by atoms with Gasteiger partial charge in [0.1, 0.15) is 17.2 Å². The normalized spacial score (nSPS) is 13.8. The van der Waals surface area contributed by atoms with Crippen molar-refractivity contribution >= 4 is 22.4 Å². The Kier molecular flexibility index (Phi) is 9.01. The van der Waals surface area contributed by atoms with Crippen LogP contribution < -0.4 is 24.7 Å². The lowest BCUT2D eigenvalue weighted by molar-refractivity contribution is 0.338. The van der Waals surface area contributed by atoms with E-state index < -0.39 is 15.6 Å². The van der Waals surface area contributed by atoms with Crippen molar-refractivity contribution in [3.8, 4) is 17.2 Å². The van der Waals surface area contributed by atoms with Crippen molar-refractivity contribution in [2.75, 3.05) is 27.9 Å². The molecule has 0 saturated heterocycles. The number of halogens is 1. The zero-order chi connectivity index (χ0) is 18.5. The molecule has 1 rings (SSSR count). The lowest BCUT2D eigenvalue weighted by atomic mass is 9.92. The fraction of sp³-hybridized carbons (Fsp3) is 0.625. The summed E-state index contributed by atoms with van der Waals surface area (Å²) < 4.78 is 44.3. The Balaban J connectivity index is 0.00000576. The molecule has 0 aliphatic heterocycles. The van der Waals surface area contributed by atoms with Gasteiger partial charge in [-0.2, -0.15) is 0 Å². The lowest BCUT2D eigenvalue weighted by Crippen LogP contribution is -2.52. The van der Waals surface area contributed by atoms with Gasteiger partial charge in [0.15, 0.2) is 4.90 Å². The van der Waals surface area contributed by atoms with E-state index in [1.54, 1.807) is 6.92 Å². The summed E-state index contributed by atoms with van der Waals surface area (Å²) in [4.78, 5) is -0.0725. The van der Waals surface area contributed by atoms with Crippen LogP contribution in [0.15, 0.2) is 17.0 Å². The summed E-state index contributed by atoms with van der Waals surface area (Å²) in [6.07, 6.45) is 0.601. The van der Waals surface area contributed by atoms with Crippen LogP contribution in [-0.4, -0.2) is 41.8 Å². The van der Waals surface area contributed by atoms with E-state index in [0.717, 1.165) is 0 Å². The molecule has 9 heteroatoms. The Morgan fingerprint density at radius 1 is 1.12 bits per heavy atom. The van der Waals surface area contributed by atoms with Crippen molar-refractivity contribution in [2.45, 2.75) is 37.6 Å². The highest BCUT2D eigenvalue weighted by Crippen LogP contribution is 2.38. The van der Waals surface area contributed by atoms with Crippen LogP contribution in [0, 0.1) is 5.92 Å². The van der Waals surface area contributed by atoms with E-state index in [1.165, 1.54) is 33.5 Å². The molecule has 1 aromatic carbocycles. The van der Waals surface area contributed by atoms with Crippen LogP contribution in [0.2, 0.25) is 0 Å². The molecule has 0 spiro atoms. The van der Waals surface area contributed by atoms with Crippen molar-refractivity contribution in [1.29, 1.82) is 0 Å². The maximum Gasteiger partial charge on any atom is 0.248 e.